The SMILES string of the molecule is O=C(NC1CCc2ccc(Cl)cc2NC1=O)c1cc(Cc2ccccc2)n[nH]1. The van der Waals surface area contributed by atoms with Crippen LogP contribution in [0.2, 0.25) is 5.02 Å². The molecular formula is C21H19ClN4O2. The second-order valence-electron chi connectivity index (χ2n) is 6.79. The summed E-state index contributed by atoms with van der Waals surface area (Å²) in [6, 6.07) is 16.4. The van der Waals surface area contributed by atoms with Gasteiger partial charge in [0.25, 0.3) is 5.91 Å². The van der Waals surface area contributed by atoms with Crippen molar-refractivity contribution in [2.24, 2.45) is 0 Å². The number of benzene rings is 2. The van der Waals surface area contributed by atoms with E-state index in [9.17, 15) is 9.59 Å². The Morgan fingerprint density at radius 2 is 2.00 bits per heavy atom. The number of nitrogens with one attached hydrogen (secondary N) is 3. The van der Waals surface area contributed by atoms with Crippen LogP contribution in [0.1, 0.15) is 33.7 Å². The number of H-pyrrole nitrogens is 1. The highest BCUT2D eigenvalue weighted by Gasteiger charge is 2.26. The fourth-order valence-corrected chi connectivity index (χ4v) is 3.45. The van der Waals surface area contributed by atoms with Gasteiger partial charge in [-0.2, -0.15) is 5.10 Å². The van der Waals surface area contributed by atoms with Gasteiger partial charge in [0.2, 0.25) is 5.91 Å². The van der Waals surface area contributed by atoms with E-state index in [1.807, 2.05) is 36.4 Å². The van der Waals surface area contributed by atoms with Crippen molar-refractivity contribution in [1.29, 1.82) is 0 Å². The molecule has 2 heterocycles. The first-order valence-corrected chi connectivity index (χ1v) is 9.44. The predicted octanol–water partition coefficient (Wildman–Crippen LogP) is 3.34. The number of aryl methyl sites for hydroxylation is 1. The van der Waals surface area contributed by atoms with Crippen molar-refractivity contribution in [3.05, 3.63) is 82.1 Å². The summed E-state index contributed by atoms with van der Waals surface area (Å²) in [6.45, 7) is 0. The van der Waals surface area contributed by atoms with Gasteiger partial charge in [-0.15, -0.1) is 0 Å². The molecule has 0 saturated carbocycles. The third kappa shape index (κ3) is 4.07. The van der Waals surface area contributed by atoms with E-state index >= 15 is 0 Å². The van der Waals surface area contributed by atoms with Gasteiger partial charge in [0.15, 0.2) is 0 Å². The van der Waals surface area contributed by atoms with Crippen molar-refractivity contribution in [2.45, 2.75) is 25.3 Å². The minimum Gasteiger partial charge on any atom is -0.339 e. The van der Waals surface area contributed by atoms with Crippen LogP contribution in [0, 0.1) is 0 Å². The summed E-state index contributed by atoms with van der Waals surface area (Å²) in [7, 11) is 0. The predicted molar refractivity (Wildman–Crippen MR) is 107 cm³/mol. The summed E-state index contributed by atoms with van der Waals surface area (Å²) in [6.07, 6.45) is 1.81. The van der Waals surface area contributed by atoms with E-state index in [-0.39, 0.29) is 11.8 Å². The van der Waals surface area contributed by atoms with Crippen LogP contribution in [-0.4, -0.2) is 28.1 Å². The molecule has 3 aromatic rings. The molecule has 0 bridgehead atoms. The lowest BCUT2D eigenvalue weighted by Gasteiger charge is -2.14. The monoisotopic (exact) mass is 394 g/mol. The number of hydrogen-bond donors (Lipinski definition) is 3. The average Bonchev–Trinajstić information content (AvgIpc) is 3.09. The molecule has 2 amide bonds. The van der Waals surface area contributed by atoms with E-state index in [0.29, 0.717) is 35.7 Å². The Kier molecular flexibility index (Phi) is 5.12. The lowest BCUT2D eigenvalue weighted by Crippen LogP contribution is -2.43. The Bertz CT molecular complexity index is 1020. The Hall–Kier alpha value is -3.12. The van der Waals surface area contributed by atoms with Crippen molar-refractivity contribution in [3.63, 3.8) is 0 Å². The Morgan fingerprint density at radius 3 is 2.82 bits per heavy atom. The van der Waals surface area contributed by atoms with Crippen LogP contribution >= 0.6 is 11.6 Å². The van der Waals surface area contributed by atoms with Gasteiger partial charge in [0.05, 0.1) is 5.69 Å². The molecule has 4 rings (SSSR count). The first-order valence-electron chi connectivity index (χ1n) is 9.07. The van der Waals surface area contributed by atoms with Crippen molar-refractivity contribution in [1.82, 2.24) is 15.5 Å². The van der Waals surface area contributed by atoms with Crippen molar-refractivity contribution in [3.8, 4) is 0 Å². The Labute approximate surface area is 167 Å². The molecule has 1 atom stereocenters. The third-order valence-corrected chi connectivity index (χ3v) is 4.99. The maximum Gasteiger partial charge on any atom is 0.269 e. The zero-order valence-corrected chi connectivity index (χ0v) is 15.8. The molecule has 2 aromatic carbocycles. The number of halogens is 1. The largest absolute Gasteiger partial charge is 0.339 e. The maximum atomic E-state index is 12.6. The molecule has 3 N–H and O–H groups in total. The Morgan fingerprint density at radius 1 is 1.18 bits per heavy atom. The topological polar surface area (TPSA) is 86.9 Å². The standard InChI is InChI=1S/C21H19ClN4O2/c22-15-8-6-14-7-9-17(20(27)24-18(14)11-15)23-21(28)19-12-16(25-26-19)10-13-4-2-1-3-5-13/h1-6,8,11-12,17H,7,9-10H2,(H,23,28)(H,24,27)(H,25,26). The number of anilines is 1. The van der Waals surface area contributed by atoms with Gasteiger partial charge in [-0.05, 0) is 42.2 Å². The fraction of sp³-hybridized carbons (Fsp3) is 0.190. The minimum atomic E-state index is -0.625. The van der Waals surface area contributed by atoms with Crippen LogP contribution in [0.25, 0.3) is 0 Å². The number of carbonyl (C=O) groups is 2. The van der Waals surface area contributed by atoms with Gasteiger partial charge < -0.3 is 10.6 Å². The van der Waals surface area contributed by atoms with E-state index in [2.05, 4.69) is 20.8 Å². The molecular weight excluding hydrogens is 376 g/mol. The third-order valence-electron chi connectivity index (χ3n) is 4.76. The zero-order chi connectivity index (χ0) is 19.5. The van der Waals surface area contributed by atoms with Crippen LogP contribution in [0.3, 0.4) is 0 Å². The molecule has 28 heavy (non-hydrogen) atoms. The highest BCUT2D eigenvalue weighted by Crippen LogP contribution is 2.25. The molecule has 142 valence electrons. The molecule has 1 aliphatic rings. The summed E-state index contributed by atoms with van der Waals surface area (Å²) >= 11 is 6.01. The van der Waals surface area contributed by atoms with E-state index in [1.54, 1.807) is 18.2 Å². The van der Waals surface area contributed by atoms with Crippen LogP contribution < -0.4 is 10.6 Å². The van der Waals surface area contributed by atoms with Crippen LogP contribution in [0.5, 0.6) is 0 Å². The molecule has 6 nitrogen and oxygen atoms in total. The molecule has 0 fully saturated rings. The molecule has 1 aliphatic heterocycles. The van der Waals surface area contributed by atoms with E-state index in [0.717, 1.165) is 16.8 Å². The van der Waals surface area contributed by atoms with Crippen molar-refractivity contribution >= 4 is 29.1 Å². The van der Waals surface area contributed by atoms with Crippen LogP contribution in [0.15, 0.2) is 54.6 Å². The molecule has 0 saturated heterocycles. The normalized spacial score (nSPS) is 16.0. The van der Waals surface area contributed by atoms with Crippen LogP contribution in [-0.2, 0) is 17.6 Å². The fourth-order valence-electron chi connectivity index (χ4n) is 3.28. The summed E-state index contributed by atoms with van der Waals surface area (Å²) in [5, 5.41) is 13.2. The van der Waals surface area contributed by atoms with Crippen LogP contribution in [0.4, 0.5) is 5.69 Å². The van der Waals surface area contributed by atoms with Crippen molar-refractivity contribution in [2.75, 3.05) is 5.32 Å². The number of amides is 2. The number of hydrogen-bond acceptors (Lipinski definition) is 3. The smallest absolute Gasteiger partial charge is 0.269 e. The molecule has 0 spiro atoms. The summed E-state index contributed by atoms with van der Waals surface area (Å²) in [5.74, 6) is -0.602. The van der Waals surface area contributed by atoms with Gasteiger partial charge in [-0.3, -0.25) is 14.7 Å². The number of carbonyl (C=O) groups excluding carboxylic acids is 2. The first kappa shape index (κ1) is 18.3. The quantitative estimate of drug-likeness (QED) is 0.634. The van der Waals surface area contributed by atoms with Gasteiger partial charge in [-0.1, -0.05) is 48.0 Å². The molecule has 1 aromatic heterocycles. The lowest BCUT2D eigenvalue weighted by molar-refractivity contribution is -0.118. The first-order chi connectivity index (χ1) is 13.6. The summed E-state index contributed by atoms with van der Waals surface area (Å²) in [5.41, 5.74) is 3.91. The highest BCUT2D eigenvalue weighted by molar-refractivity contribution is 6.31. The van der Waals surface area contributed by atoms with Gasteiger partial charge in [0, 0.05) is 17.1 Å². The molecule has 0 radical (unpaired) electrons. The molecule has 0 aliphatic carbocycles. The lowest BCUT2D eigenvalue weighted by atomic mass is 10.1. The van der Waals surface area contributed by atoms with E-state index in [4.69, 9.17) is 11.6 Å². The van der Waals surface area contributed by atoms with Gasteiger partial charge in [0.1, 0.15) is 11.7 Å². The van der Waals surface area contributed by atoms with Gasteiger partial charge >= 0.3 is 0 Å². The second-order valence-corrected chi connectivity index (χ2v) is 7.23. The minimum absolute atomic E-state index is 0.251. The molecule has 7 heteroatoms. The maximum absolute atomic E-state index is 12.6. The zero-order valence-electron chi connectivity index (χ0n) is 15.0. The van der Waals surface area contributed by atoms with E-state index in [1.165, 1.54) is 0 Å². The summed E-state index contributed by atoms with van der Waals surface area (Å²) < 4.78 is 0. The highest BCUT2D eigenvalue weighted by atomic mass is 35.5. The Balaban J connectivity index is 1.42. The number of rotatable bonds is 4. The number of aromatic nitrogens is 2. The van der Waals surface area contributed by atoms with E-state index < -0.39 is 6.04 Å². The molecule has 1 unspecified atom stereocenters. The number of nitrogens with zero attached hydrogens (tertiary/aromatic N) is 1. The number of fused-ring (bicyclic) bond motifs is 1. The summed E-state index contributed by atoms with van der Waals surface area (Å²) in [4.78, 5) is 25.1. The van der Waals surface area contributed by atoms with Gasteiger partial charge in [-0.25, -0.2) is 0 Å². The number of aromatic amines is 1. The average molecular weight is 395 g/mol. The van der Waals surface area contributed by atoms with Crippen molar-refractivity contribution < 1.29 is 9.59 Å². The second kappa shape index (κ2) is 7.86.